The highest BCUT2D eigenvalue weighted by Gasteiger charge is 2.29. The normalized spacial score (nSPS) is 17.9. The fourth-order valence-corrected chi connectivity index (χ4v) is 3.53. The number of carbonyl (C=O) groups excluding carboxylic acids is 1. The predicted octanol–water partition coefficient (Wildman–Crippen LogP) is 2.29. The molecule has 0 saturated carbocycles. The second-order valence-corrected chi connectivity index (χ2v) is 7.53. The number of rotatable bonds is 5. The molecule has 0 radical (unpaired) electrons. The molecule has 0 aliphatic carbocycles. The van der Waals surface area contributed by atoms with Gasteiger partial charge in [0.2, 0.25) is 0 Å². The van der Waals surface area contributed by atoms with Crippen LogP contribution >= 0.6 is 0 Å². The molecule has 1 heterocycles. The maximum atomic E-state index is 12.8. The fraction of sp³-hybridized carbons (Fsp3) is 0.409. The number of amides is 1. The molecule has 3 rings (SSSR count). The Morgan fingerprint density at radius 1 is 1.19 bits per heavy atom. The van der Waals surface area contributed by atoms with Crippen LogP contribution in [0.3, 0.4) is 0 Å². The van der Waals surface area contributed by atoms with Crippen molar-refractivity contribution in [2.75, 3.05) is 25.5 Å². The lowest BCUT2D eigenvalue weighted by atomic mass is 10.0. The summed E-state index contributed by atoms with van der Waals surface area (Å²) in [7, 11) is 2.02. The van der Waals surface area contributed by atoms with Crippen molar-refractivity contribution < 1.29 is 19.2 Å². The summed E-state index contributed by atoms with van der Waals surface area (Å²) in [6, 6.07) is 11.7. The number of carbonyl (C=O) groups is 1. The van der Waals surface area contributed by atoms with Gasteiger partial charge in [0.15, 0.2) is 23.6 Å². The first-order valence-electron chi connectivity index (χ1n) is 9.44. The lowest BCUT2D eigenvalue weighted by Crippen LogP contribution is -3.15. The number of nitrogens with one attached hydrogen (secondary N) is 2. The zero-order chi connectivity index (χ0) is 19.6. The van der Waals surface area contributed by atoms with Gasteiger partial charge in [-0.25, -0.2) is 0 Å². The van der Waals surface area contributed by atoms with Crippen molar-refractivity contribution >= 4 is 11.6 Å². The van der Waals surface area contributed by atoms with Crippen LogP contribution in [0.1, 0.15) is 23.6 Å². The Balaban J connectivity index is 1.60. The van der Waals surface area contributed by atoms with Crippen molar-refractivity contribution in [3.8, 4) is 11.5 Å². The molecule has 2 aromatic carbocycles. The van der Waals surface area contributed by atoms with Crippen LogP contribution in [0, 0.1) is 20.8 Å². The molecule has 3 atom stereocenters. The van der Waals surface area contributed by atoms with Gasteiger partial charge in [0.1, 0.15) is 13.2 Å². The van der Waals surface area contributed by atoms with E-state index in [1.54, 1.807) is 0 Å². The maximum absolute atomic E-state index is 12.8. The lowest BCUT2D eigenvalue weighted by Gasteiger charge is -2.30. The van der Waals surface area contributed by atoms with Crippen molar-refractivity contribution in [2.24, 2.45) is 0 Å². The van der Waals surface area contributed by atoms with Crippen LogP contribution in [0.15, 0.2) is 36.4 Å². The maximum Gasteiger partial charge on any atom is 0.282 e. The Labute approximate surface area is 161 Å². The Kier molecular flexibility index (Phi) is 5.71. The van der Waals surface area contributed by atoms with Gasteiger partial charge in [-0.05, 0) is 51.0 Å². The molecule has 0 fully saturated rings. The summed E-state index contributed by atoms with van der Waals surface area (Å²) < 4.78 is 11.8. The second kappa shape index (κ2) is 8.01. The van der Waals surface area contributed by atoms with E-state index >= 15 is 0 Å². The second-order valence-electron chi connectivity index (χ2n) is 7.53. The number of hydrogen-bond donors (Lipinski definition) is 2. The third kappa shape index (κ3) is 4.42. The van der Waals surface area contributed by atoms with Crippen molar-refractivity contribution in [1.82, 2.24) is 0 Å². The molecule has 1 unspecified atom stereocenters. The molecular weight excluding hydrogens is 340 g/mol. The van der Waals surface area contributed by atoms with Gasteiger partial charge in [-0.1, -0.05) is 29.8 Å². The molecular formula is C22H29N2O3+. The first-order valence-corrected chi connectivity index (χ1v) is 9.44. The number of quaternary nitrogens is 1. The predicted molar refractivity (Wildman–Crippen MR) is 107 cm³/mol. The van der Waals surface area contributed by atoms with E-state index in [0.717, 1.165) is 33.2 Å². The van der Waals surface area contributed by atoms with Crippen molar-refractivity contribution in [3.05, 3.63) is 53.1 Å². The number of anilines is 1. The minimum atomic E-state index is -0.203. The molecule has 0 saturated heterocycles. The molecule has 27 heavy (non-hydrogen) atoms. The average molecular weight is 369 g/mol. The minimum absolute atomic E-state index is 0.0136. The van der Waals surface area contributed by atoms with Gasteiger partial charge in [0.25, 0.3) is 5.91 Å². The first kappa shape index (κ1) is 19.2. The summed E-state index contributed by atoms with van der Waals surface area (Å²) in [6.45, 7) is 9.26. The summed E-state index contributed by atoms with van der Waals surface area (Å²) in [6.07, 6.45) is -0.0713. The quantitative estimate of drug-likeness (QED) is 0.850. The van der Waals surface area contributed by atoms with Gasteiger partial charge in [-0.15, -0.1) is 0 Å². The molecule has 144 valence electrons. The Morgan fingerprint density at radius 3 is 2.48 bits per heavy atom. The molecule has 5 nitrogen and oxygen atoms in total. The van der Waals surface area contributed by atoms with Gasteiger partial charge in [-0.3, -0.25) is 4.79 Å². The van der Waals surface area contributed by atoms with Crippen LogP contribution in [0.2, 0.25) is 0 Å². The van der Waals surface area contributed by atoms with Gasteiger partial charge >= 0.3 is 0 Å². The van der Waals surface area contributed by atoms with E-state index in [1.165, 1.54) is 5.56 Å². The van der Waals surface area contributed by atoms with Crippen LogP contribution in [0.4, 0.5) is 5.69 Å². The van der Waals surface area contributed by atoms with E-state index in [4.69, 9.17) is 9.47 Å². The largest absolute Gasteiger partial charge is 0.486 e. The standard InChI is InChI=1S/C22H28N2O3/c1-14-10-15(2)21(16(3)11-14)23-22(25)17(4)24(5)12-18-13-26-19-8-6-7-9-20(19)27-18/h6-11,17-18H,12-13H2,1-5H3,(H,23,25)/p+1/t17-,18+/m0/s1. The van der Waals surface area contributed by atoms with E-state index < -0.39 is 0 Å². The van der Waals surface area contributed by atoms with E-state index in [2.05, 4.69) is 24.4 Å². The fourth-order valence-electron chi connectivity index (χ4n) is 3.53. The lowest BCUT2D eigenvalue weighted by molar-refractivity contribution is -0.896. The molecule has 0 spiro atoms. The zero-order valence-corrected chi connectivity index (χ0v) is 16.8. The zero-order valence-electron chi connectivity index (χ0n) is 16.8. The summed E-state index contributed by atoms with van der Waals surface area (Å²) in [4.78, 5) is 13.9. The number of para-hydroxylation sites is 2. The molecule has 1 aliphatic heterocycles. The van der Waals surface area contributed by atoms with Crippen molar-refractivity contribution in [3.63, 3.8) is 0 Å². The van der Waals surface area contributed by atoms with Gasteiger partial charge < -0.3 is 19.7 Å². The van der Waals surface area contributed by atoms with E-state index in [0.29, 0.717) is 13.2 Å². The van der Waals surface area contributed by atoms with Crippen molar-refractivity contribution in [1.29, 1.82) is 0 Å². The number of fused-ring (bicyclic) bond motifs is 1. The SMILES string of the molecule is Cc1cc(C)c(NC(=O)[C@H](C)[NH+](C)C[C@@H]2COc3ccccc3O2)c(C)c1. The number of aryl methyl sites for hydroxylation is 3. The van der Waals surface area contributed by atoms with E-state index in [-0.39, 0.29) is 18.1 Å². The molecule has 5 heteroatoms. The van der Waals surface area contributed by atoms with E-state index in [1.807, 2.05) is 52.1 Å². The third-order valence-electron chi connectivity index (χ3n) is 5.17. The Hall–Kier alpha value is -2.53. The van der Waals surface area contributed by atoms with Gasteiger partial charge in [0.05, 0.1) is 7.05 Å². The number of benzene rings is 2. The average Bonchev–Trinajstić information content (AvgIpc) is 2.63. The van der Waals surface area contributed by atoms with Crippen molar-refractivity contribution in [2.45, 2.75) is 39.8 Å². The summed E-state index contributed by atoms with van der Waals surface area (Å²) in [5.41, 5.74) is 4.29. The molecule has 2 aromatic rings. The van der Waals surface area contributed by atoms with Gasteiger partial charge in [0, 0.05) is 5.69 Å². The first-order chi connectivity index (χ1) is 12.8. The summed E-state index contributed by atoms with van der Waals surface area (Å²) in [5, 5.41) is 3.11. The van der Waals surface area contributed by atoms with E-state index in [9.17, 15) is 4.79 Å². The smallest absolute Gasteiger partial charge is 0.282 e. The highest BCUT2D eigenvalue weighted by atomic mass is 16.6. The summed E-state index contributed by atoms with van der Waals surface area (Å²) >= 11 is 0. The van der Waals surface area contributed by atoms with Gasteiger partial charge in [-0.2, -0.15) is 0 Å². The minimum Gasteiger partial charge on any atom is -0.486 e. The number of likely N-dealkylation sites (N-methyl/N-ethyl adjacent to an activating group) is 1. The molecule has 0 aromatic heterocycles. The summed E-state index contributed by atoms with van der Waals surface area (Å²) in [5.74, 6) is 1.56. The molecule has 2 N–H and O–H groups in total. The van der Waals surface area contributed by atoms with Crippen LogP contribution in [0.25, 0.3) is 0 Å². The highest BCUT2D eigenvalue weighted by Crippen LogP contribution is 2.30. The van der Waals surface area contributed by atoms with Crippen LogP contribution < -0.4 is 19.7 Å². The van der Waals surface area contributed by atoms with Crippen LogP contribution in [-0.2, 0) is 4.79 Å². The Morgan fingerprint density at radius 2 is 1.81 bits per heavy atom. The molecule has 0 bridgehead atoms. The number of ether oxygens (including phenoxy) is 2. The molecule has 1 aliphatic rings. The number of hydrogen-bond acceptors (Lipinski definition) is 3. The van der Waals surface area contributed by atoms with Crippen LogP contribution in [0.5, 0.6) is 11.5 Å². The Bertz CT molecular complexity index is 811. The third-order valence-corrected chi connectivity index (χ3v) is 5.17. The topological polar surface area (TPSA) is 52.0 Å². The monoisotopic (exact) mass is 369 g/mol. The molecule has 1 amide bonds. The van der Waals surface area contributed by atoms with Crippen LogP contribution in [-0.4, -0.2) is 38.3 Å². The highest BCUT2D eigenvalue weighted by molar-refractivity contribution is 5.95.